The Hall–Kier alpha value is 0.200. The number of rotatable bonds is 0. The molecule has 0 aliphatic carbocycles. The molecule has 0 unspecified atom stereocenters. The van der Waals surface area contributed by atoms with Crippen LogP contribution < -0.4 is 5.84 Å². The van der Waals surface area contributed by atoms with Gasteiger partial charge in [0.05, 0.1) is 0 Å². The molecule has 0 radical (unpaired) electrons. The Labute approximate surface area is 53.0 Å². The fourth-order valence-electron chi connectivity index (χ4n) is 0.144. The van der Waals surface area contributed by atoms with Crippen LogP contribution in [-0.4, -0.2) is 22.6 Å². The molecule has 2 N–H and O–H groups in total. The van der Waals surface area contributed by atoms with Crippen molar-refractivity contribution >= 4 is 28.3 Å². The lowest BCUT2D eigenvalue weighted by Crippen LogP contribution is -2.29. The van der Waals surface area contributed by atoms with Gasteiger partial charge in [0, 0.05) is 7.05 Å². The van der Waals surface area contributed by atoms with E-state index in [-0.39, 0.29) is 0 Å². The second kappa shape index (κ2) is 3.23. The van der Waals surface area contributed by atoms with Crippen molar-refractivity contribution in [3.8, 4) is 0 Å². The molecule has 4 heteroatoms. The first kappa shape index (κ1) is 7.20. The molecule has 0 spiro atoms. The highest BCUT2D eigenvalue weighted by molar-refractivity contribution is 8.22. The highest BCUT2D eigenvalue weighted by atomic mass is 32.2. The minimum absolute atomic E-state index is 0.708. The van der Waals surface area contributed by atoms with Crippen LogP contribution in [0.5, 0.6) is 0 Å². The Balaban J connectivity index is 3.35. The quantitative estimate of drug-likeness (QED) is 0.297. The Bertz CT molecular complexity index is 71.3. The van der Waals surface area contributed by atoms with Gasteiger partial charge in [-0.1, -0.05) is 24.0 Å². The van der Waals surface area contributed by atoms with Crippen molar-refractivity contribution in [3.05, 3.63) is 0 Å². The van der Waals surface area contributed by atoms with Crippen LogP contribution in [0.4, 0.5) is 0 Å². The predicted molar refractivity (Wildman–Crippen MR) is 38.1 cm³/mol. The average molecular weight is 136 g/mol. The number of thioether (sulfide) groups is 1. The van der Waals surface area contributed by atoms with E-state index in [1.165, 1.54) is 16.8 Å². The van der Waals surface area contributed by atoms with Gasteiger partial charge in [0.2, 0.25) is 0 Å². The third kappa shape index (κ3) is 2.85. The van der Waals surface area contributed by atoms with Crippen molar-refractivity contribution in [3.63, 3.8) is 0 Å². The SMILES string of the molecule is CSC(=S)N(C)N. The van der Waals surface area contributed by atoms with Crippen LogP contribution in [0.1, 0.15) is 0 Å². The fourth-order valence-corrected chi connectivity index (χ4v) is 0.432. The zero-order valence-electron chi connectivity index (χ0n) is 4.34. The summed E-state index contributed by atoms with van der Waals surface area (Å²) in [6, 6.07) is 0. The van der Waals surface area contributed by atoms with Gasteiger partial charge in [0.15, 0.2) is 0 Å². The lowest BCUT2D eigenvalue weighted by molar-refractivity contribution is 0.560. The van der Waals surface area contributed by atoms with Crippen LogP contribution >= 0.6 is 24.0 Å². The van der Waals surface area contributed by atoms with E-state index in [1.54, 1.807) is 7.05 Å². The molecule has 0 aromatic carbocycles. The lowest BCUT2D eigenvalue weighted by Gasteiger charge is -2.08. The standard InChI is InChI=1S/C3H8N2S2/c1-5(4)3(6)7-2/h4H2,1-2H3. The molecule has 42 valence electrons. The Morgan fingerprint density at radius 3 is 2.29 bits per heavy atom. The maximum atomic E-state index is 5.22. The topological polar surface area (TPSA) is 29.3 Å². The molecule has 0 saturated heterocycles. The van der Waals surface area contributed by atoms with Crippen LogP contribution in [0.25, 0.3) is 0 Å². The van der Waals surface area contributed by atoms with Gasteiger partial charge in [-0.05, 0) is 6.26 Å². The van der Waals surface area contributed by atoms with Crippen molar-refractivity contribution in [2.24, 2.45) is 5.84 Å². The zero-order chi connectivity index (χ0) is 5.86. The summed E-state index contributed by atoms with van der Waals surface area (Å²) in [5.74, 6) is 5.22. The monoisotopic (exact) mass is 136 g/mol. The maximum absolute atomic E-state index is 5.22. The largest absolute Gasteiger partial charge is 0.299 e. The van der Waals surface area contributed by atoms with E-state index in [1.807, 2.05) is 6.26 Å². The van der Waals surface area contributed by atoms with Crippen LogP contribution in [0.3, 0.4) is 0 Å². The van der Waals surface area contributed by atoms with E-state index >= 15 is 0 Å². The molecule has 0 fully saturated rings. The zero-order valence-corrected chi connectivity index (χ0v) is 5.97. The Morgan fingerprint density at radius 1 is 1.86 bits per heavy atom. The highest BCUT2D eigenvalue weighted by Crippen LogP contribution is 1.96. The molecular weight excluding hydrogens is 128 g/mol. The molecule has 0 amide bonds. The number of nitrogens with two attached hydrogens (primary N) is 1. The summed E-state index contributed by atoms with van der Waals surface area (Å²) < 4.78 is 0.708. The predicted octanol–water partition coefficient (Wildman–Crippen LogP) is 0.440. The summed E-state index contributed by atoms with van der Waals surface area (Å²) in [6.45, 7) is 0. The van der Waals surface area contributed by atoms with Crippen molar-refractivity contribution in [1.29, 1.82) is 0 Å². The smallest absolute Gasteiger partial charge is 0.149 e. The second-order valence-electron chi connectivity index (χ2n) is 1.08. The minimum atomic E-state index is 0.708. The summed E-state index contributed by atoms with van der Waals surface area (Å²) in [6.07, 6.45) is 1.89. The van der Waals surface area contributed by atoms with Gasteiger partial charge < -0.3 is 0 Å². The maximum Gasteiger partial charge on any atom is 0.149 e. The lowest BCUT2D eigenvalue weighted by atomic mass is 11.2. The van der Waals surface area contributed by atoms with Gasteiger partial charge in [0.1, 0.15) is 4.32 Å². The van der Waals surface area contributed by atoms with Gasteiger partial charge in [-0.15, -0.1) is 0 Å². The van der Waals surface area contributed by atoms with E-state index in [0.717, 1.165) is 0 Å². The normalized spacial score (nSPS) is 8.43. The summed E-state index contributed by atoms with van der Waals surface area (Å²) in [7, 11) is 1.72. The molecule has 0 aromatic heterocycles. The highest BCUT2D eigenvalue weighted by Gasteiger charge is 1.91. The summed E-state index contributed by atoms with van der Waals surface area (Å²) in [5.41, 5.74) is 0. The molecule has 0 aromatic rings. The number of nitrogens with zero attached hydrogens (tertiary/aromatic N) is 1. The van der Waals surface area contributed by atoms with Gasteiger partial charge >= 0.3 is 0 Å². The molecule has 0 saturated carbocycles. The Morgan fingerprint density at radius 2 is 2.29 bits per heavy atom. The van der Waals surface area contributed by atoms with Crippen molar-refractivity contribution in [2.45, 2.75) is 0 Å². The third-order valence-electron chi connectivity index (χ3n) is 0.463. The van der Waals surface area contributed by atoms with Crippen molar-refractivity contribution < 1.29 is 0 Å². The molecule has 7 heavy (non-hydrogen) atoms. The molecule has 0 rings (SSSR count). The van der Waals surface area contributed by atoms with E-state index in [9.17, 15) is 0 Å². The van der Waals surface area contributed by atoms with Gasteiger partial charge in [-0.3, -0.25) is 5.01 Å². The number of thiocarbonyl (C=S) groups is 1. The van der Waals surface area contributed by atoms with E-state index in [4.69, 9.17) is 18.1 Å². The number of hydrazine groups is 1. The molecule has 2 nitrogen and oxygen atoms in total. The molecule has 0 bridgehead atoms. The first-order valence-electron chi connectivity index (χ1n) is 1.75. The minimum Gasteiger partial charge on any atom is -0.299 e. The van der Waals surface area contributed by atoms with E-state index in [0.29, 0.717) is 4.32 Å². The number of hydrogen-bond donors (Lipinski definition) is 1. The molecule has 0 heterocycles. The summed E-state index contributed by atoms with van der Waals surface area (Å²) in [5, 5.41) is 1.42. The summed E-state index contributed by atoms with van der Waals surface area (Å²) >= 11 is 6.21. The van der Waals surface area contributed by atoms with Gasteiger partial charge in [-0.25, -0.2) is 5.84 Å². The number of hydrogen-bond acceptors (Lipinski definition) is 3. The molecule has 0 atom stereocenters. The Kier molecular flexibility index (Phi) is 3.33. The van der Waals surface area contributed by atoms with E-state index < -0.39 is 0 Å². The average Bonchev–Trinajstić information content (AvgIpc) is 1.65. The van der Waals surface area contributed by atoms with E-state index in [2.05, 4.69) is 0 Å². The van der Waals surface area contributed by atoms with Gasteiger partial charge in [0.25, 0.3) is 0 Å². The van der Waals surface area contributed by atoms with Crippen LogP contribution in [0.2, 0.25) is 0 Å². The van der Waals surface area contributed by atoms with Crippen LogP contribution in [-0.2, 0) is 0 Å². The molecule has 0 aliphatic rings. The van der Waals surface area contributed by atoms with Crippen molar-refractivity contribution in [2.75, 3.05) is 13.3 Å². The third-order valence-corrected chi connectivity index (χ3v) is 1.89. The molecule has 0 aliphatic heterocycles. The first-order valence-corrected chi connectivity index (χ1v) is 3.38. The first-order chi connectivity index (χ1) is 3.18. The summed E-state index contributed by atoms with van der Waals surface area (Å²) in [4.78, 5) is 0. The fraction of sp³-hybridized carbons (Fsp3) is 0.667. The van der Waals surface area contributed by atoms with Gasteiger partial charge in [-0.2, -0.15) is 0 Å². The van der Waals surface area contributed by atoms with Crippen molar-refractivity contribution in [1.82, 2.24) is 5.01 Å². The second-order valence-corrected chi connectivity index (χ2v) is 2.52. The van der Waals surface area contributed by atoms with Crippen LogP contribution in [0.15, 0.2) is 0 Å². The van der Waals surface area contributed by atoms with Crippen LogP contribution in [0, 0.1) is 0 Å². The molecular formula is C3H8N2S2.